The summed E-state index contributed by atoms with van der Waals surface area (Å²) in [5.41, 5.74) is 15.5. The van der Waals surface area contributed by atoms with Gasteiger partial charge < -0.3 is 21.9 Å². The lowest BCUT2D eigenvalue weighted by molar-refractivity contribution is -0.125. The number of hydrogen-bond donors (Lipinski definition) is 3. The molecule has 6 N–H and O–H groups in total. The van der Waals surface area contributed by atoms with Crippen LogP contribution in [0.4, 0.5) is 0 Å². The van der Waals surface area contributed by atoms with Gasteiger partial charge in [-0.25, -0.2) is 0 Å². The molecule has 5 heteroatoms. The lowest BCUT2D eigenvalue weighted by Crippen LogP contribution is -2.55. The summed E-state index contributed by atoms with van der Waals surface area (Å²) in [5, 5.41) is 0. The number of primary amides is 1. The van der Waals surface area contributed by atoms with E-state index < -0.39 is 11.4 Å². The van der Waals surface area contributed by atoms with Gasteiger partial charge in [-0.05, 0) is 26.3 Å². The predicted octanol–water partition coefficient (Wildman–Crippen LogP) is -0.275. The number of unbranched alkanes of at least 4 members (excludes halogenated alkanes) is 2. The summed E-state index contributed by atoms with van der Waals surface area (Å²) in [7, 11) is 0. The van der Waals surface area contributed by atoms with Gasteiger partial charge in [-0.1, -0.05) is 12.8 Å². The van der Waals surface area contributed by atoms with Crippen LogP contribution in [0.1, 0.15) is 32.6 Å². The van der Waals surface area contributed by atoms with Crippen LogP contribution in [0.15, 0.2) is 0 Å². The zero-order valence-electron chi connectivity index (χ0n) is 9.50. The Labute approximate surface area is 91.3 Å². The third-order valence-electron chi connectivity index (χ3n) is 2.38. The molecule has 0 aliphatic heterocycles. The fourth-order valence-corrected chi connectivity index (χ4v) is 1.31. The Bertz CT molecular complexity index is 188. The molecule has 90 valence electrons. The second-order valence-corrected chi connectivity index (χ2v) is 3.76. The summed E-state index contributed by atoms with van der Waals surface area (Å²) < 4.78 is 5.17. The molecule has 0 radical (unpaired) electrons. The van der Waals surface area contributed by atoms with Gasteiger partial charge in [0.15, 0.2) is 0 Å². The van der Waals surface area contributed by atoms with Crippen LogP contribution in [-0.2, 0) is 9.53 Å². The van der Waals surface area contributed by atoms with Gasteiger partial charge in [0.25, 0.3) is 0 Å². The number of amides is 1. The normalized spacial score (nSPS) is 14.9. The van der Waals surface area contributed by atoms with E-state index in [1.165, 1.54) is 0 Å². The molecule has 1 unspecified atom stereocenters. The Hall–Kier alpha value is -0.650. The maximum atomic E-state index is 11.2. The largest absolute Gasteiger partial charge is 0.379 e. The van der Waals surface area contributed by atoms with E-state index >= 15 is 0 Å². The summed E-state index contributed by atoms with van der Waals surface area (Å²) >= 11 is 0. The number of carbonyl (C=O) groups excluding carboxylic acids is 1. The highest BCUT2D eigenvalue weighted by Crippen LogP contribution is 2.12. The minimum Gasteiger partial charge on any atom is -0.379 e. The van der Waals surface area contributed by atoms with Crippen LogP contribution in [0.2, 0.25) is 0 Å². The molecule has 0 rings (SSSR count). The van der Waals surface area contributed by atoms with Crippen LogP contribution in [-0.4, -0.2) is 31.2 Å². The Balaban J connectivity index is 3.96. The highest BCUT2D eigenvalue weighted by molar-refractivity contribution is 5.84. The number of rotatable bonds is 9. The van der Waals surface area contributed by atoms with Gasteiger partial charge in [0.1, 0.15) is 5.54 Å². The van der Waals surface area contributed by atoms with Crippen LogP contribution in [0.25, 0.3) is 0 Å². The molecule has 0 bridgehead atoms. The molecule has 5 nitrogen and oxygen atoms in total. The smallest absolute Gasteiger partial charge is 0.239 e. The second kappa shape index (κ2) is 7.62. The number of carbonyl (C=O) groups is 1. The van der Waals surface area contributed by atoms with E-state index in [1.807, 2.05) is 6.92 Å². The Morgan fingerprint density at radius 1 is 1.33 bits per heavy atom. The standard InChI is InChI=1S/C10H23N3O2/c1-2-15-8-10(13,9(12)14)6-4-3-5-7-11/h2-8,11,13H2,1H3,(H2,12,14). The zero-order valence-corrected chi connectivity index (χ0v) is 9.50. The van der Waals surface area contributed by atoms with Crippen molar-refractivity contribution in [3.63, 3.8) is 0 Å². The molecular formula is C10H23N3O2. The van der Waals surface area contributed by atoms with Crippen molar-refractivity contribution in [2.75, 3.05) is 19.8 Å². The molecule has 1 amide bonds. The van der Waals surface area contributed by atoms with Crippen LogP contribution in [0, 0.1) is 0 Å². The maximum absolute atomic E-state index is 11.2. The molecule has 0 saturated carbocycles. The van der Waals surface area contributed by atoms with Crippen molar-refractivity contribution < 1.29 is 9.53 Å². The maximum Gasteiger partial charge on any atom is 0.239 e. The third kappa shape index (κ3) is 5.71. The molecule has 15 heavy (non-hydrogen) atoms. The molecular weight excluding hydrogens is 194 g/mol. The van der Waals surface area contributed by atoms with Crippen molar-refractivity contribution in [2.24, 2.45) is 17.2 Å². The first-order chi connectivity index (χ1) is 7.06. The van der Waals surface area contributed by atoms with E-state index in [9.17, 15) is 4.79 Å². The zero-order chi connectivity index (χ0) is 11.7. The van der Waals surface area contributed by atoms with Crippen molar-refractivity contribution >= 4 is 5.91 Å². The average Bonchev–Trinajstić information content (AvgIpc) is 2.21. The third-order valence-corrected chi connectivity index (χ3v) is 2.38. The molecule has 0 aromatic heterocycles. The predicted molar refractivity (Wildman–Crippen MR) is 60.1 cm³/mol. The minimum atomic E-state index is -1.02. The van der Waals surface area contributed by atoms with E-state index in [4.69, 9.17) is 21.9 Å². The van der Waals surface area contributed by atoms with Crippen LogP contribution in [0.3, 0.4) is 0 Å². The van der Waals surface area contributed by atoms with Gasteiger partial charge in [0, 0.05) is 6.61 Å². The van der Waals surface area contributed by atoms with E-state index in [2.05, 4.69) is 0 Å². The number of ether oxygens (including phenoxy) is 1. The number of hydrogen-bond acceptors (Lipinski definition) is 4. The minimum absolute atomic E-state index is 0.196. The van der Waals surface area contributed by atoms with Gasteiger partial charge in [-0.15, -0.1) is 0 Å². The lowest BCUT2D eigenvalue weighted by Gasteiger charge is -2.25. The van der Waals surface area contributed by atoms with Crippen molar-refractivity contribution in [2.45, 2.75) is 38.1 Å². The molecule has 0 aliphatic carbocycles. The van der Waals surface area contributed by atoms with Gasteiger partial charge in [-0.3, -0.25) is 4.79 Å². The first kappa shape index (κ1) is 14.3. The Morgan fingerprint density at radius 2 is 2.00 bits per heavy atom. The number of nitrogens with two attached hydrogens (primary N) is 3. The summed E-state index contributed by atoms with van der Waals surface area (Å²) in [6, 6.07) is 0. The van der Waals surface area contributed by atoms with Gasteiger partial charge in [-0.2, -0.15) is 0 Å². The van der Waals surface area contributed by atoms with Crippen LogP contribution >= 0.6 is 0 Å². The van der Waals surface area contributed by atoms with E-state index in [-0.39, 0.29) is 6.61 Å². The molecule has 0 saturated heterocycles. The van der Waals surface area contributed by atoms with Gasteiger partial charge in [0.05, 0.1) is 6.61 Å². The summed E-state index contributed by atoms with van der Waals surface area (Å²) in [4.78, 5) is 11.2. The highest BCUT2D eigenvalue weighted by Gasteiger charge is 2.31. The monoisotopic (exact) mass is 217 g/mol. The second-order valence-electron chi connectivity index (χ2n) is 3.76. The lowest BCUT2D eigenvalue weighted by atomic mass is 9.93. The fraction of sp³-hybridized carbons (Fsp3) is 0.900. The first-order valence-corrected chi connectivity index (χ1v) is 5.43. The topological polar surface area (TPSA) is 104 Å². The SMILES string of the molecule is CCOCC(N)(CCCCCN)C(N)=O. The average molecular weight is 217 g/mol. The van der Waals surface area contributed by atoms with Crippen molar-refractivity contribution in [1.82, 2.24) is 0 Å². The highest BCUT2D eigenvalue weighted by atomic mass is 16.5. The molecule has 1 atom stereocenters. The van der Waals surface area contributed by atoms with E-state index in [0.29, 0.717) is 19.6 Å². The Morgan fingerprint density at radius 3 is 2.47 bits per heavy atom. The molecule has 0 aliphatic rings. The van der Waals surface area contributed by atoms with E-state index in [1.54, 1.807) is 0 Å². The van der Waals surface area contributed by atoms with Gasteiger partial charge >= 0.3 is 0 Å². The van der Waals surface area contributed by atoms with E-state index in [0.717, 1.165) is 19.3 Å². The molecule has 0 fully saturated rings. The molecule has 0 spiro atoms. The molecule has 0 heterocycles. The quantitative estimate of drug-likeness (QED) is 0.462. The fourth-order valence-electron chi connectivity index (χ4n) is 1.31. The summed E-state index contributed by atoms with van der Waals surface area (Å²) in [6.07, 6.45) is 3.32. The summed E-state index contributed by atoms with van der Waals surface area (Å²) in [6.45, 7) is 3.26. The van der Waals surface area contributed by atoms with Crippen LogP contribution in [0.5, 0.6) is 0 Å². The van der Waals surface area contributed by atoms with Crippen molar-refractivity contribution in [1.29, 1.82) is 0 Å². The van der Waals surface area contributed by atoms with Crippen LogP contribution < -0.4 is 17.2 Å². The summed E-state index contributed by atoms with van der Waals surface area (Å²) in [5.74, 6) is -0.497. The van der Waals surface area contributed by atoms with Crippen molar-refractivity contribution in [3.8, 4) is 0 Å². The molecule has 0 aromatic rings. The Kier molecular flexibility index (Phi) is 7.29. The first-order valence-electron chi connectivity index (χ1n) is 5.43. The van der Waals surface area contributed by atoms with Crippen molar-refractivity contribution in [3.05, 3.63) is 0 Å². The molecule has 0 aromatic carbocycles. The van der Waals surface area contributed by atoms with Gasteiger partial charge in [0.2, 0.25) is 5.91 Å².